The summed E-state index contributed by atoms with van der Waals surface area (Å²) in [6.45, 7) is 4.01. The zero-order chi connectivity index (χ0) is 28.5. The quantitative estimate of drug-likeness (QED) is 0.299. The van der Waals surface area contributed by atoms with E-state index in [2.05, 4.69) is 9.47 Å². The zero-order valence-electron chi connectivity index (χ0n) is 22.5. The Balaban J connectivity index is 1.11. The number of carbonyl (C=O) groups is 2. The average molecular weight is 595 g/mol. The molecule has 10 heteroatoms. The Morgan fingerprint density at radius 1 is 0.902 bits per heavy atom. The van der Waals surface area contributed by atoms with Crippen molar-refractivity contribution in [3.05, 3.63) is 94.0 Å². The van der Waals surface area contributed by atoms with Gasteiger partial charge in [0.2, 0.25) is 5.91 Å². The number of aromatic nitrogens is 2. The fourth-order valence-electron chi connectivity index (χ4n) is 5.88. The number of hydrogen-bond donors (Lipinski definition) is 0. The molecule has 2 amide bonds. The maximum atomic E-state index is 13.7. The first kappa shape index (κ1) is 27.7. The van der Waals surface area contributed by atoms with E-state index in [9.17, 15) is 14.0 Å². The van der Waals surface area contributed by atoms with Crippen LogP contribution < -0.4 is 0 Å². The van der Waals surface area contributed by atoms with E-state index < -0.39 is 0 Å². The van der Waals surface area contributed by atoms with Crippen LogP contribution in [0.4, 0.5) is 4.39 Å². The molecule has 0 radical (unpaired) electrons. The van der Waals surface area contributed by atoms with Crippen LogP contribution in [0.1, 0.15) is 29.0 Å². The molecule has 1 atom stereocenters. The van der Waals surface area contributed by atoms with Crippen molar-refractivity contribution < 1.29 is 14.0 Å². The fourth-order valence-corrected chi connectivity index (χ4v) is 6.37. The van der Waals surface area contributed by atoms with Crippen LogP contribution in [0.5, 0.6) is 0 Å². The number of imidazole rings is 1. The predicted molar refractivity (Wildman–Crippen MR) is 158 cm³/mol. The third-order valence-corrected chi connectivity index (χ3v) is 8.52. The number of nitrogens with zero attached hydrogens (tertiary/aromatic N) is 5. The van der Waals surface area contributed by atoms with Gasteiger partial charge in [-0.05, 0) is 74.0 Å². The minimum Gasteiger partial charge on any atom is -0.339 e. The molecule has 3 aromatic carbocycles. The summed E-state index contributed by atoms with van der Waals surface area (Å²) in [4.78, 5) is 37.4. The standard InChI is InChI=1S/C31H30Cl2FN5O2/c32-22-7-12-25(26(33)18-22)31(41)38-16-14-37(15-17-38)30(40)21-4-3-13-36(19-21)20-29-35-27-5-1-2-6-28(27)39(29)24-10-8-23(34)9-11-24/h1-2,5-12,18,21H,3-4,13-17,19-20H2/t21-/m0/s1. The van der Waals surface area contributed by atoms with E-state index in [0.717, 1.165) is 41.9 Å². The number of amides is 2. The molecule has 2 aliphatic heterocycles. The number of benzene rings is 3. The summed E-state index contributed by atoms with van der Waals surface area (Å²) in [6, 6.07) is 19.2. The third kappa shape index (κ3) is 5.82. The number of likely N-dealkylation sites (tertiary alicyclic amines) is 1. The first-order valence-electron chi connectivity index (χ1n) is 13.8. The molecule has 4 aromatic rings. The second-order valence-electron chi connectivity index (χ2n) is 10.6. The lowest BCUT2D eigenvalue weighted by Crippen LogP contribution is -2.53. The highest BCUT2D eigenvalue weighted by molar-refractivity contribution is 6.36. The van der Waals surface area contributed by atoms with E-state index in [0.29, 0.717) is 54.9 Å². The van der Waals surface area contributed by atoms with Gasteiger partial charge in [0.1, 0.15) is 11.6 Å². The highest BCUT2D eigenvalue weighted by Crippen LogP contribution is 2.27. The van der Waals surface area contributed by atoms with Gasteiger partial charge in [-0.2, -0.15) is 0 Å². The molecule has 0 bridgehead atoms. The monoisotopic (exact) mass is 593 g/mol. The van der Waals surface area contributed by atoms with Crippen molar-refractivity contribution in [2.75, 3.05) is 39.3 Å². The van der Waals surface area contributed by atoms with Crippen molar-refractivity contribution >= 4 is 46.0 Å². The topological polar surface area (TPSA) is 61.7 Å². The Bertz CT molecular complexity index is 1580. The molecule has 2 aliphatic rings. The number of rotatable bonds is 5. The molecule has 7 nitrogen and oxygen atoms in total. The van der Waals surface area contributed by atoms with E-state index in [1.807, 2.05) is 29.2 Å². The molecule has 6 rings (SSSR count). The smallest absolute Gasteiger partial charge is 0.255 e. The molecule has 2 fully saturated rings. The normalized spacial score (nSPS) is 18.2. The van der Waals surface area contributed by atoms with Crippen molar-refractivity contribution in [1.29, 1.82) is 0 Å². The van der Waals surface area contributed by atoms with Gasteiger partial charge in [0.25, 0.3) is 5.91 Å². The molecular formula is C31H30Cl2FN5O2. The van der Waals surface area contributed by atoms with Crippen LogP contribution in [0, 0.1) is 11.7 Å². The molecule has 0 unspecified atom stereocenters. The number of halogens is 3. The van der Waals surface area contributed by atoms with Crippen LogP contribution in [-0.4, -0.2) is 75.3 Å². The van der Waals surface area contributed by atoms with Crippen molar-refractivity contribution in [2.45, 2.75) is 19.4 Å². The molecule has 41 heavy (non-hydrogen) atoms. The first-order valence-corrected chi connectivity index (χ1v) is 14.6. The average Bonchev–Trinajstić information content (AvgIpc) is 3.35. The summed E-state index contributed by atoms with van der Waals surface area (Å²) in [7, 11) is 0. The number of para-hydroxylation sites is 2. The Labute approximate surface area is 248 Å². The minimum atomic E-state index is -0.281. The summed E-state index contributed by atoms with van der Waals surface area (Å²) in [5.41, 5.74) is 3.12. The number of carbonyl (C=O) groups excluding carboxylic acids is 2. The van der Waals surface area contributed by atoms with Gasteiger partial charge in [0.05, 0.1) is 34.1 Å². The van der Waals surface area contributed by atoms with Crippen molar-refractivity contribution in [2.24, 2.45) is 5.92 Å². The first-order chi connectivity index (χ1) is 19.9. The maximum Gasteiger partial charge on any atom is 0.255 e. The van der Waals surface area contributed by atoms with Crippen LogP contribution >= 0.6 is 23.2 Å². The number of piperazine rings is 1. The minimum absolute atomic E-state index is 0.111. The van der Waals surface area contributed by atoms with Crippen LogP contribution in [0.25, 0.3) is 16.7 Å². The number of piperidine rings is 1. The predicted octanol–water partition coefficient (Wildman–Crippen LogP) is 5.67. The molecule has 3 heterocycles. The SMILES string of the molecule is O=C(c1ccc(Cl)cc1Cl)N1CCN(C(=O)[C@H]2CCCN(Cc3nc4ccccc4n3-c3ccc(F)cc3)C2)CC1. The van der Waals surface area contributed by atoms with Gasteiger partial charge < -0.3 is 9.80 Å². The van der Waals surface area contributed by atoms with Gasteiger partial charge >= 0.3 is 0 Å². The number of fused-ring (bicyclic) bond motifs is 1. The lowest BCUT2D eigenvalue weighted by Gasteiger charge is -2.39. The summed E-state index contributed by atoms with van der Waals surface area (Å²) in [6.07, 6.45) is 1.75. The summed E-state index contributed by atoms with van der Waals surface area (Å²) < 4.78 is 15.7. The lowest BCUT2D eigenvalue weighted by molar-refractivity contribution is -0.139. The Morgan fingerprint density at radius 3 is 2.39 bits per heavy atom. The van der Waals surface area contributed by atoms with Crippen LogP contribution in [0.15, 0.2) is 66.7 Å². The van der Waals surface area contributed by atoms with Gasteiger partial charge in [0.15, 0.2) is 0 Å². The van der Waals surface area contributed by atoms with Gasteiger partial charge in [-0.15, -0.1) is 0 Å². The number of hydrogen-bond acceptors (Lipinski definition) is 4. The fraction of sp³-hybridized carbons (Fsp3) is 0.323. The molecule has 0 saturated carbocycles. The molecular weight excluding hydrogens is 564 g/mol. The highest BCUT2D eigenvalue weighted by atomic mass is 35.5. The van der Waals surface area contributed by atoms with Gasteiger partial charge in [0, 0.05) is 43.4 Å². The van der Waals surface area contributed by atoms with E-state index in [1.54, 1.807) is 35.2 Å². The van der Waals surface area contributed by atoms with Crippen molar-refractivity contribution in [3.63, 3.8) is 0 Å². The molecule has 1 aromatic heterocycles. The molecule has 212 valence electrons. The highest BCUT2D eigenvalue weighted by Gasteiger charge is 2.33. The second kappa shape index (κ2) is 11.8. The molecule has 0 spiro atoms. The Hall–Kier alpha value is -3.46. The van der Waals surface area contributed by atoms with Crippen molar-refractivity contribution in [1.82, 2.24) is 24.3 Å². The van der Waals surface area contributed by atoms with Gasteiger partial charge in [-0.1, -0.05) is 35.3 Å². The van der Waals surface area contributed by atoms with E-state index >= 15 is 0 Å². The maximum absolute atomic E-state index is 13.7. The summed E-state index contributed by atoms with van der Waals surface area (Å²) >= 11 is 12.2. The zero-order valence-corrected chi connectivity index (χ0v) is 24.0. The van der Waals surface area contributed by atoms with E-state index in [4.69, 9.17) is 28.2 Å². The second-order valence-corrected chi connectivity index (χ2v) is 11.5. The lowest BCUT2D eigenvalue weighted by atomic mass is 9.96. The Morgan fingerprint density at radius 2 is 1.63 bits per heavy atom. The van der Waals surface area contributed by atoms with Crippen LogP contribution in [0.3, 0.4) is 0 Å². The van der Waals surface area contributed by atoms with E-state index in [1.165, 1.54) is 12.1 Å². The molecule has 0 aliphatic carbocycles. The van der Waals surface area contributed by atoms with E-state index in [-0.39, 0.29) is 23.5 Å². The van der Waals surface area contributed by atoms with Crippen LogP contribution in [-0.2, 0) is 11.3 Å². The Kier molecular flexibility index (Phi) is 7.97. The van der Waals surface area contributed by atoms with Gasteiger partial charge in [-0.25, -0.2) is 9.37 Å². The van der Waals surface area contributed by atoms with Gasteiger partial charge in [-0.3, -0.25) is 19.1 Å². The third-order valence-electron chi connectivity index (χ3n) is 7.97. The summed E-state index contributed by atoms with van der Waals surface area (Å²) in [5.74, 6) is 0.459. The van der Waals surface area contributed by atoms with Crippen molar-refractivity contribution in [3.8, 4) is 5.69 Å². The molecule has 0 N–H and O–H groups in total. The molecule has 2 saturated heterocycles. The summed E-state index contributed by atoms with van der Waals surface area (Å²) in [5, 5.41) is 0.812. The van der Waals surface area contributed by atoms with Crippen LogP contribution in [0.2, 0.25) is 10.0 Å². The largest absolute Gasteiger partial charge is 0.339 e.